The molecule has 0 saturated carbocycles. The van der Waals surface area contributed by atoms with Gasteiger partial charge in [0.25, 0.3) is 0 Å². The van der Waals surface area contributed by atoms with Crippen molar-refractivity contribution in [3.63, 3.8) is 0 Å². The summed E-state index contributed by atoms with van der Waals surface area (Å²) in [5, 5.41) is 17.5. The average molecular weight is 244 g/mol. The summed E-state index contributed by atoms with van der Waals surface area (Å²) in [4.78, 5) is 29.0. The Kier molecular flexibility index (Phi) is 3.57. The van der Waals surface area contributed by atoms with Crippen molar-refractivity contribution < 1.29 is 19.8 Å². The monoisotopic (exact) mass is 244 g/mol. The minimum atomic E-state index is -0.838. The van der Waals surface area contributed by atoms with Crippen LogP contribution in [0.4, 0.5) is 0 Å². The highest BCUT2D eigenvalue weighted by Gasteiger charge is 2.31. The Morgan fingerprint density at radius 2 is 1.12 bits per heavy atom. The zero-order valence-electron chi connectivity index (χ0n) is 9.45. The maximum absolute atomic E-state index is 10.6. The smallest absolute Gasteiger partial charge is 0.317 e. The lowest BCUT2D eigenvalue weighted by molar-refractivity contribution is -0.154. The van der Waals surface area contributed by atoms with Gasteiger partial charge >= 0.3 is 11.9 Å². The predicted octanol–water partition coefficient (Wildman–Crippen LogP) is -1.82. The first-order valence-electron chi connectivity index (χ1n) is 5.36. The molecule has 0 aromatic heterocycles. The standard InChI is InChI=1S/C9H16N4O4/c14-8(15)1-10-3-12-5-11(2-9(16)17)6-13(4-10)7-12/h1-7H2,(H,14,15)(H,16,17). The van der Waals surface area contributed by atoms with Crippen LogP contribution in [0.2, 0.25) is 0 Å². The van der Waals surface area contributed by atoms with Gasteiger partial charge in [-0.1, -0.05) is 0 Å². The van der Waals surface area contributed by atoms with E-state index >= 15 is 0 Å². The summed E-state index contributed by atoms with van der Waals surface area (Å²) in [7, 11) is 0. The Hall–Kier alpha value is -1.22. The van der Waals surface area contributed by atoms with E-state index in [0.29, 0.717) is 26.7 Å². The molecule has 0 aromatic carbocycles. The molecule has 2 N–H and O–H groups in total. The molecule has 2 saturated heterocycles. The van der Waals surface area contributed by atoms with E-state index in [1.165, 1.54) is 0 Å². The first-order chi connectivity index (χ1) is 8.02. The molecule has 2 aliphatic heterocycles. The van der Waals surface area contributed by atoms with Gasteiger partial charge in [-0.25, -0.2) is 0 Å². The van der Waals surface area contributed by atoms with Crippen molar-refractivity contribution in [2.24, 2.45) is 0 Å². The van der Waals surface area contributed by atoms with Crippen LogP contribution in [0.15, 0.2) is 0 Å². The molecule has 2 fully saturated rings. The van der Waals surface area contributed by atoms with Crippen LogP contribution in [0.25, 0.3) is 0 Å². The van der Waals surface area contributed by atoms with Gasteiger partial charge in [-0.05, 0) is 0 Å². The van der Waals surface area contributed by atoms with Crippen LogP contribution in [0.3, 0.4) is 0 Å². The summed E-state index contributed by atoms with van der Waals surface area (Å²) in [6.45, 7) is 3.08. The number of rotatable bonds is 4. The first-order valence-corrected chi connectivity index (χ1v) is 5.36. The van der Waals surface area contributed by atoms with Crippen molar-refractivity contribution in [3.8, 4) is 0 Å². The summed E-state index contributed by atoms with van der Waals surface area (Å²) in [5.74, 6) is -1.68. The van der Waals surface area contributed by atoms with Crippen molar-refractivity contribution in [3.05, 3.63) is 0 Å². The Morgan fingerprint density at radius 1 is 0.765 bits per heavy atom. The highest BCUT2D eigenvalue weighted by Crippen LogP contribution is 2.13. The van der Waals surface area contributed by atoms with Gasteiger partial charge in [0.1, 0.15) is 0 Å². The van der Waals surface area contributed by atoms with E-state index in [9.17, 15) is 9.59 Å². The molecule has 2 heterocycles. The van der Waals surface area contributed by atoms with Crippen molar-refractivity contribution >= 4 is 11.9 Å². The number of carboxylic acid groups (broad SMARTS) is 2. The van der Waals surface area contributed by atoms with Crippen LogP contribution >= 0.6 is 0 Å². The van der Waals surface area contributed by atoms with Gasteiger partial charge < -0.3 is 10.2 Å². The summed E-state index contributed by atoms with van der Waals surface area (Å²) >= 11 is 0. The fourth-order valence-electron chi connectivity index (χ4n) is 2.35. The quantitative estimate of drug-likeness (QED) is 0.597. The van der Waals surface area contributed by atoms with Gasteiger partial charge in [0, 0.05) is 0 Å². The highest BCUT2D eigenvalue weighted by atomic mass is 16.4. The fraction of sp³-hybridized carbons (Fsp3) is 0.778. The normalized spacial score (nSPS) is 30.1. The number of hydrogen-bond donors (Lipinski definition) is 2. The molecule has 0 atom stereocenters. The molecule has 0 spiro atoms. The van der Waals surface area contributed by atoms with E-state index in [4.69, 9.17) is 10.2 Å². The summed E-state index contributed by atoms with van der Waals surface area (Å²) in [5.41, 5.74) is 0. The SMILES string of the molecule is O=C(O)CN1CN2CN(CC(=O)O)CN(C1)C2. The number of nitrogens with zero attached hydrogens (tertiary/aromatic N) is 4. The van der Waals surface area contributed by atoms with E-state index in [1.54, 1.807) is 0 Å². The maximum Gasteiger partial charge on any atom is 0.317 e. The molecule has 17 heavy (non-hydrogen) atoms. The van der Waals surface area contributed by atoms with E-state index < -0.39 is 11.9 Å². The zero-order chi connectivity index (χ0) is 12.4. The molecule has 0 unspecified atom stereocenters. The van der Waals surface area contributed by atoms with E-state index in [-0.39, 0.29) is 13.1 Å². The lowest BCUT2D eigenvalue weighted by Gasteiger charge is -2.48. The molecule has 96 valence electrons. The molecule has 2 aliphatic rings. The highest BCUT2D eigenvalue weighted by molar-refractivity contribution is 5.69. The summed E-state index contributed by atoms with van der Waals surface area (Å²) < 4.78 is 0. The van der Waals surface area contributed by atoms with Crippen LogP contribution in [-0.4, -0.2) is 88.2 Å². The average Bonchev–Trinajstić information content (AvgIpc) is 2.12. The minimum Gasteiger partial charge on any atom is -0.480 e. The molecule has 0 radical (unpaired) electrons. The topological polar surface area (TPSA) is 87.6 Å². The number of aliphatic carboxylic acids is 2. The number of fused-ring (bicyclic) bond motifs is 2. The third-order valence-electron chi connectivity index (χ3n) is 2.72. The van der Waals surface area contributed by atoms with Crippen molar-refractivity contribution in [2.45, 2.75) is 0 Å². The largest absolute Gasteiger partial charge is 0.480 e. The first kappa shape index (κ1) is 12.2. The van der Waals surface area contributed by atoms with Crippen LogP contribution < -0.4 is 0 Å². The molecule has 0 aromatic rings. The molecule has 2 rings (SSSR count). The van der Waals surface area contributed by atoms with Crippen molar-refractivity contribution in [1.29, 1.82) is 0 Å². The second-order valence-corrected chi connectivity index (χ2v) is 4.49. The van der Waals surface area contributed by atoms with Crippen LogP contribution in [0.5, 0.6) is 0 Å². The molecular weight excluding hydrogens is 228 g/mol. The van der Waals surface area contributed by atoms with E-state index in [2.05, 4.69) is 0 Å². The second kappa shape index (κ2) is 4.96. The molecule has 2 bridgehead atoms. The molecular formula is C9H16N4O4. The lowest BCUT2D eigenvalue weighted by Crippen LogP contribution is -2.64. The van der Waals surface area contributed by atoms with Gasteiger partial charge in [0.05, 0.1) is 46.4 Å². The van der Waals surface area contributed by atoms with Gasteiger partial charge in [-0.3, -0.25) is 29.2 Å². The Bertz CT molecular complexity index is 282. The molecule has 8 nitrogen and oxygen atoms in total. The number of hydrogen-bond acceptors (Lipinski definition) is 6. The van der Waals surface area contributed by atoms with Gasteiger partial charge in [0.15, 0.2) is 0 Å². The fourth-order valence-corrected chi connectivity index (χ4v) is 2.35. The summed E-state index contributed by atoms with van der Waals surface area (Å²) in [6, 6.07) is 0. The van der Waals surface area contributed by atoms with Crippen molar-refractivity contribution in [1.82, 2.24) is 19.6 Å². The third-order valence-corrected chi connectivity index (χ3v) is 2.72. The number of carboxylic acids is 2. The van der Waals surface area contributed by atoms with E-state index in [0.717, 1.165) is 6.67 Å². The minimum absolute atomic E-state index is 0.0198. The number of carbonyl (C=O) groups is 2. The van der Waals surface area contributed by atoms with Gasteiger partial charge in [-0.15, -0.1) is 0 Å². The second-order valence-electron chi connectivity index (χ2n) is 4.49. The molecule has 0 aliphatic carbocycles. The Morgan fingerprint density at radius 3 is 1.41 bits per heavy atom. The summed E-state index contributed by atoms with van der Waals surface area (Å²) in [6.07, 6.45) is 0. The van der Waals surface area contributed by atoms with Gasteiger partial charge in [-0.2, -0.15) is 0 Å². The molecule has 8 heteroatoms. The van der Waals surface area contributed by atoms with Crippen LogP contribution in [0.1, 0.15) is 0 Å². The zero-order valence-corrected chi connectivity index (χ0v) is 9.45. The maximum atomic E-state index is 10.6. The third kappa shape index (κ3) is 3.37. The molecule has 0 amide bonds. The Labute approximate surface area is 98.6 Å². The van der Waals surface area contributed by atoms with Crippen molar-refractivity contribution in [2.75, 3.05) is 46.4 Å². The van der Waals surface area contributed by atoms with Crippen LogP contribution in [0, 0.1) is 0 Å². The lowest BCUT2D eigenvalue weighted by atomic mass is 10.4. The van der Waals surface area contributed by atoms with Gasteiger partial charge in [0.2, 0.25) is 0 Å². The predicted molar refractivity (Wildman–Crippen MR) is 56.7 cm³/mol. The Balaban J connectivity index is 1.88. The van der Waals surface area contributed by atoms with Crippen LogP contribution in [-0.2, 0) is 9.59 Å². The van der Waals surface area contributed by atoms with E-state index in [1.807, 2.05) is 19.6 Å².